The molecule has 2 aromatic rings. The summed E-state index contributed by atoms with van der Waals surface area (Å²) in [6, 6.07) is 14.2. The normalized spacial score (nSPS) is 10.7. The number of carbonyl (C=O) groups is 2. The van der Waals surface area contributed by atoms with Crippen LogP contribution in [0.5, 0.6) is 5.75 Å². The molecule has 2 N–H and O–H groups in total. The molecule has 0 atom stereocenters. The zero-order valence-electron chi connectivity index (χ0n) is 22.5. The summed E-state index contributed by atoms with van der Waals surface area (Å²) in [5.41, 5.74) is 6.78. The van der Waals surface area contributed by atoms with E-state index in [1.807, 2.05) is 19.1 Å². The minimum atomic E-state index is -0.365. The second-order valence-electron chi connectivity index (χ2n) is 9.69. The van der Waals surface area contributed by atoms with Crippen molar-refractivity contribution in [2.24, 2.45) is 0 Å². The van der Waals surface area contributed by atoms with E-state index in [1.165, 1.54) is 83.5 Å². The molecule has 0 bridgehead atoms. The number of unbranched alkanes of at least 4 members (excludes halogenated alkanes) is 13. The SMILES string of the molecule is CCCCCCCCCCCCCCCCOc1ccc(C(=O)NNC(=O)c2ccccc2C)cc1. The van der Waals surface area contributed by atoms with Crippen molar-refractivity contribution >= 4 is 11.8 Å². The second kappa shape index (κ2) is 18.4. The van der Waals surface area contributed by atoms with Gasteiger partial charge in [-0.1, -0.05) is 109 Å². The maximum Gasteiger partial charge on any atom is 0.269 e. The molecule has 0 radical (unpaired) electrons. The van der Waals surface area contributed by atoms with Gasteiger partial charge in [0.25, 0.3) is 11.8 Å². The van der Waals surface area contributed by atoms with Crippen LogP contribution in [-0.2, 0) is 0 Å². The predicted molar refractivity (Wildman–Crippen MR) is 148 cm³/mol. The number of hydrogen-bond donors (Lipinski definition) is 2. The van der Waals surface area contributed by atoms with Crippen molar-refractivity contribution in [1.29, 1.82) is 0 Å². The van der Waals surface area contributed by atoms with E-state index in [9.17, 15) is 9.59 Å². The highest BCUT2D eigenvalue weighted by molar-refractivity contribution is 5.99. The van der Waals surface area contributed by atoms with Gasteiger partial charge in [0.15, 0.2) is 0 Å². The van der Waals surface area contributed by atoms with Crippen molar-refractivity contribution in [1.82, 2.24) is 10.9 Å². The average molecular weight is 495 g/mol. The third kappa shape index (κ3) is 12.2. The Bertz CT molecular complexity index is 880. The summed E-state index contributed by atoms with van der Waals surface area (Å²) >= 11 is 0. The average Bonchev–Trinajstić information content (AvgIpc) is 2.90. The maximum absolute atomic E-state index is 12.3. The van der Waals surface area contributed by atoms with Crippen LogP contribution >= 0.6 is 0 Å². The van der Waals surface area contributed by atoms with Gasteiger partial charge in [-0.25, -0.2) is 0 Å². The molecule has 0 aromatic heterocycles. The van der Waals surface area contributed by atoms with Crippen LogP contribution in [0.1, 0.15) is 123 Å². The Morgan fingerprint density at radius 1 is 0.639 bits per heavy atom. The Morgan fingerprint density at radius 3 is 1.69 bits per heavy atom. The third-order valence-electron chi connectivity index (χ3n) is 6.56. The molecule has 0 fully saturated rings. The lowest BCUT2D eigenvalue weighted by Crippen LogP contribution is -2.41. The molecule has 198 valence electrons. The molecule has 0 saturated carbocycles. The molecule has 0 spiro atoms. The first-order valence-corrected chi connectivity index (χ1v) is 14.0. The van der Waals surface area contributed by atoms with Gasteiger partial charge in [0, 0.05) is 11.1 Å². The first kappa shape index (κ1) is 29.4. The first-order chi connectivity index (χ1) is 17.6. The highest BCUT2D eigenvalue weighted by Crippen LogP contribution is 2.15. The molecule has 36 heavy (non-hydrogen) atoms. The fraction of sp³-hybridized carbons (Fsp3) is 0.548. The molecule has 0 aliphatic heterocycles. The molecule has 5 nitrogen and oxygen atoms in total. The van der Waals surface area contributed by atoms with Gasteiger partial charge >= 0.3 is 0 Å². The van der Waals surface area contributed by atoms with Gasteiger partial charge in [-0.2, -0.15) is 0 Å². The van der Waals surface area contributed by atoms with Crippen LogP contribution in [0.3, 0.4) is 0 Å². The zero-order chi connectivity index (χ0) is 25.8. The Labute approximate surface area is 218 Å². The van der Waals surface area contributed by atoms with E-state index in [1.54, 1.807) is 36.4 Å². The second-order valence-corrected chi connectivity index (χ2v) is 9.69. The molecule has 2 amide bonds. The number of amides is 2. The molecule has 5 heteroatoms. The molecular weight excluding hydrogens is 448 g/mol. The van der Waals surface area contributed by atoms with E-state index in [0.717, 1.165) is 17.7 Å². The summed E-state index contributed by atoms with van der Waals surface area (Å²) in [4.78, 5) is 24.5. The maximum atomic E-state index is 12.3. The lowest BCUT2D eigenvalue weighted by atomic mass is 10.0. The summed E-state index contributed by atoms with van der Waals surface area (Å²) in [6.07, 6.45) is 18.8. The van der Waals surface area contributed by atoms with Crippen LogP contribution in [-0.4, -0.2) is 18.4 Å². The lowest BCUT2D eigenvalue weighted by molar-refractivity contribution is 0.0846. The summed E-state index contributed by atoms with van der Waals surface area (Å²) in [5.74, 6) is 0.0511. The Kier molecular flexibility index (Phi) is 15.1. The number of benzene rings is 2. The van der Waals surface area contributed by atoms with Crippen LogP contribution in [0.4, 0.5) is 0 Å². The van der Waals surface area contributed by atoms with E-state index < -0.39 is 0 Å². The van der Waals surface area contributed by atoms with E-state index in [4.69, 9.17) is 4.74 Å². The van der Waals surface area contributed by atoms with E-state index in [-0.39, 0.29) is 11.8 Å². The van der Waals surface area contributed by atoms with Crippen LogP contribution in [0.15, 0.2) is 48.5 Å². The summed E-state index contributed by atoms with van der Waals surface area (Å²) < 4.78 is 5.82. The van der Waals surface area contributed by atoms with Crippen LogP contribution < -0.4 is 15.6 Å². The highest BCUT2D eigenvalue weighted by Gasteiger charge is 2.11. The minimum absolute atomic E-state index is 0.338. The molecule has 2 rings (SSSR count). The summed E-state index contributed by atoms with van der Waals surface area (Å²) in [6.45, 7) is 4.82. The Hall–Kier alpha value is -2.82. The van der Waals surface area contributed by atoms with E-state index >= 15 is 0 Å². The smallest absolute Gasteiger partial charge is 0.269 e. The van der Waals surface area contributed by atoms with Crippen molar-refractivity contribution < 1.29 is 14.3 Å². The summed E-state index contributed by atoms with van der Waals surface area (Å²) in [5, 5.41) is 0. The number of hydrogen-bond acceptors (Lipinski definition) is 3. The van der Waals surface area contributed by atoms with Crippen molar-refractivity contribution in [2.75, 3.05) is 6.61 Å². The number of nitrogens with one attached hydrogen (secondary N) is 2. The van der Waals surface area contributed by atoms with Gasteiger partial charge in [0.2, 0.25) is 0 Å². The Balaban J connectivity index is 1.48. The molecule has 0 saturated heterocycles. The molecule has 0 aliphatic rings. The highest BCUT2D eigenvalue weighted by atomic mass is 16.5. The number of aryl methyl sites for hydroxylation is 1. The molecule has 0 unspecified atom stereocenters. The largest absolute Gasteiger partial charge is 0.494 e. The van der Waals surface area contributed by atoms with Gasteiger partial charge in [-0.3, -0.25) is 20.4 Å². The molecule has 0 heterocycles. The van der Waals surface area contributed by atoms with E-state index in [0.29, 0.717) is 17.7 Å². The van der Waals surface area contributed by atoms with E-state index in [2.05, 4.69) is 17.8 Å². The van der Waals surface area contributed by atoms with Gasteiger partial charge in [0.1, 0.15) is 5.75 Å². The zero-order valence-corrected chi connectivity index (χ0v) is 22.5. The van der Waals surface area contributed by atoms with Crippen LogP contribution in [0, 0.1) is 6.92 Å². The quantitative estimate of drug-likeness (QED) is 0.163. The molecule has 0 aliphatic carbocycles. The van der Waals surface area contributed by atoms with Crippen molar-refractivity contribution in [2.45, 2.75) is 104 Å². The number of rotatable bonds is 18. The minimum Gasteiger partial charge on any atom is -0.494 e. The lowest BCUT2D eigenvalue weighted by Gasteiger charge is -2.10. The van der Waals surface area contributed by atoms with Gasteiger partial charge < -0.3 is 4.74 Å². The predicted octanol–water partition coefficient (Wildman–Crippen LogP) is 7.93. The number of carbonyl (C=O) groups excluding carboxylic acids is 2. The number of hydrazine groups is 1. The topological polar surface area (TPSA) is 67.4 Å². The van der Waals surface area contributed by atoms with Gasteiger partial charge in [-0.15, -0.1) is 0 Å². The fourth-order valence-electron chi connectivity index (χ4n) is 4.27. The molecule has 2 aromatic carbocycles. The number of ether oxygens (including phenoxy) is 1. The third-order valence-corrected chi connectivity index (χ3v) is 6.56. The van der Waals surface area contributed by atoms with Crippen molar-refractivity contribution in [3.8, 4) is 5.75 Å². The standard InChI is InChI=1S/C31H46N2O3/c1-3-4-5-6-7-8-9-10-11-12-13-14-15-18-25-36-28-23-21-27(22-24-28)30(34)32-33-31(35)29-20-17-16-19-26(29)2/h16-17,19-24H,3-15,18,25H2,1-2H3,(H,32,34)(H,33,35). The van der Waals surface area contributed by atoms with Crippen LogP contribution in [0.2, 0.25) is 0 Å². The molecular formula is C31H46N2O3. The first-order valence-electron chi connectivity index (χ1n) is 14.0. The van der Waals surface area contributed by atoms with Crippen molar-refractivity contribution in [3.63, 3.8) is 0 Å². The summed E-state index contributed by atoms with van der Waals surface area (Å²) in [7, 11) is 0. The fourth-order valence-corrected chi connectivity index (χ4v) is 4.27. The monoisotopic (exact) mass is 494 g/mol. The van der Waals surface area contributed by atoms with Gasteiger partial charge in [0.05, 0.1) is 6.61 Å². The van der Waals surface area contributed by atoms with Crippen LogP contribution in [0.25, 0.3) is 0 Å². The van der Waals surface area contributed by atoms with Gasteiger partial charge in [-0.05, 0) is 49.2 Å². The Morgan fingerprint density at radius 2 is 1.14 bits per heavy atom. The van der Waals surface area contributed by atoms with Crippen molar-refractivity contribution in [3.05, 3.63) is 65.2 Å².